The number of hydrogen-bond acceptors (Lipinski definition) is 4. The molecule has 0 aliphatic rings. The average Bonchev–Trinajstić information content (AvgIpc) is 3.05. The Morgan fingerprint density at radius 3 is 2.21 bits per heavy atom. The third kappa shape index (κ3) is 4.61. The number of carbonyl (C=O) groups is 1. The minimum Gasteiger partial charge on any atom is -0.459 e. The van der Waals surface area contributed by atoms with E-state index in [4.69, 9.17) is 16.3 Å². The fourth-order valence-corrected chi connectivity index (χ4v) is 5.95. The Labute approximate surface area is 204 Å². The van der Waals surface area contributed by atoms with E-state index in [1.165, 1.54) is 12.1 Å². The molecule has 0 spiro atoms. The van der Waals surface area contributed by atoms with Gasteiger partial charge in [-0.15, -0.1) is 0 Å². The number of rotatable bonds is 5. The molecule has 1 heterocycles. The summed E-state index contributed by atoms with van der Waals surface area (Å²) in [5.74, 6) is -0.437. The maximum atomic E-state index is 13.9. The molecule has 0 bridgehead atoms. The van der Waals surface area contributed by atoms with Gasteiger partial charge in [-0.05, 0) is 69.2 Å². The van der Waals surface area contributed by atoms with E-state index in [0.29, 0.717) is 21.6 Å². The number of hydrogen-bond donors (Lipinski definition) is 0. The quantitative estimate of drug-likeness (QED) is 0.299. The number of benzene rings is 3. The van der Waals surface area contributed by atoms with Gasteiger partial charge in [0.05, 0.1) is 10.4 Å². The van der Waals surface area contributed by atoms with E-state index >= 15 is 0 Å². The molecule has 4 aromatic rings. The molecule has 1 aromatic heterocycles. The number of halogens is 1. The summed E-state index contributed by atoms with van der Waals surface area (Å²) in [6.07, 6.45) is 0. The van der Waals surface area contributed by atoms with Crippen LogP contribution in [0.1, 0.15) is 26.5 Å². The zero-order valence-electron chi connectivity index (χ0n) is 19.5. The molecule has 0 fully saturated rings. The molecule has 0 atom stereocenters. The summed E-state index contributed by atoms with van der Waals surface area (Å²) < 4.78 is 35.1. The topological polar surface area (TPSA) is 65.4 Å². The van der Waals surface area contributed by atoms with Crippen molar-refractivity contribution in [1.82, 2.24) is 4.57 Å². The Morgan fingerprint density at radius 2 is 1.59 bits per heavy atom. The molecule has 4 rings (SSSR count). The van der Waals surface area contributed by atoms with E-state index in [0.717, 1.165) is 11.1 Å². The lowest BCUT2D eigenvalue weighted by Crippen LogP contribution is -2.26. The molecule has 0 saturated heterocycles. The largest absolute Gasteiger partial charge is 0.459 e. The van der Waals surface area contributed by atoms with Gasteiger partial charge in [-0.3, -0.25) is 4.79 Å². The Hall–Kier alpha value is -3.09. The molecule has 0 radical (unpaired) electrons. The van der Waals surface area contributed by atoms with E-state index < -0.39 is 21.4 Å². The molecular weight excluding hydrogens is 470 g/mol. The van der Waals surface area contributed by atoms with E-state index in [1.807, 2.05) is 48.5 Å². The number of ether oxygens (including phenoxy) is 1. The summed E-state index contributed by atoms with van der Waals surface area (Å²) >= 11 is 6.00. The van der Waals surface area contributed by atoms with Gasteiger partial charge in [-0.1, -0.05) is 54.1 Å². The van der Waals surface area contributed by atoms with Crippen LogP contribution in [0.5, 0.6) is 0 Å². The third-order valence-electron chi connectivity index (χ3n) is 5.48. The summed E-state index contributed by atoms with van der Waals surface area (Å²) in [7, 11) is -3.93. The van der Waals surface area contributed by atoms with Crippen LogP contribution < -0.4 is 0 Å². The fraction of sp³-hybridized carbons (Fsp3) is 0.222. The molecule has 0 aliphatic heterocycles. The van der Waals surface area contributed by atoms with Crippen molar-refractivity contribution in [2.75, 3.05) is 0 Å². The van der Waals surface area contributed by atoms with Crippen molar-refractivity contribution in [1.29, 1.82) is 0 Å². The lowest BCUT2D eigenvalue weighted by molar-refractivity contribution is -0.155. The number of esters is 1. The van der Waals surface area contributed by atoms with E-state index in [1.54, 1.807) is 44.4 Å². The van der Waals surface area contributed by atoms with Gasteiger partial charge in [-0.25, -0.2) is 8.42 Å². The average molecular weight is 496 g/mol. The molecule has 5 nitrogen and oxygen atoms in total. The first-order valence-electron chi connectivity index (χ1n) is 10.9. The van der Waals surface area contributed by atoms with Crippen molar-refractivity contribution < 1.29 is 17.9 Å². The van der Waals surface area contributed by atoms with Gasteiger partial charge in [0.15, 0.2) is 0 Å². The second-order valence-corrected chi connectivity index (χ2v) is 11.4. The van der Waals surface area contributed by atoms with Crippen molar-refractivity contribution in [2.45, 2.75) is 49.6 Å². The molecule has 0 amide bonds. The fourth-order valence-electron chi connectivity index (χ4n) is 4.11. The number of carbonyl (C=O) groups excluding carboxylic acids is 1. The minimum absolute atomic E-state index is 0.103. The lowest BCUT2D eigenvalue weighted by atomic mass is 10.0. The van der Waals surface area contributed by atoms with Crippen molar-refractivity contribution >= 4 is 38.3 Å². The minimum atomic E-state index is -3.93. The smallest absolute Gasteiger partial charge is 0.326 e. The third-order valence-corrected chi connectivity index (χ3v) is 7.66. The number of fused-ring (bicyclic) bond motifs is 1. The Kier molecular flexibility index (Phi) is 6.32. The summed E-state index contributed by atoms with van der Waals surface area (Å²) in [6, 6.07) is 21.3. The van der Waals surface area contributed by atoms with Crippen molar-refractivity contribution in [3.63, 3.8) is 0 Å². The summed E-state index contributed by atoms with van der Waals surface area (Å²) in [4.78, 5) is 13.1. The number of nitrogens with zero attached hydrogens (tertiary/aromatic N) is 1. The van der Waals surface area contributed by atoms with Crippen LogP contribution in [-0.2, 0) is 25.9 Å². The van der Waals surface area contributed by atoms with Crippen LogP contribution in [0, 0.1) is 6.92 Å². The Bertz CT molecular complexity index is 1470. The van der Waals surface area contributed by atoms with Gasteiger partial charge >= 0.3 is 5.97 Å². The van der Waals surface area contributed by atoms with Crippen LogP contribution in [0.4, 0.5) is 0 Å². The number of aromatic nitrogens is 1. The standard InChI is InChI=1S/C27H26ClNO4S/c1-18-26(34(31,32)21-15-13-20(28)14-16-21)25-22(19-9-6-5-7-10-19)11-8-12-23(25)29(18)17-24(30)33-27(2,3)4/h5-16H,17H2,1-4H3. The van der Waals surface area contributed by atoms with Crippen molar-refractivity contribution in [3.05, 3.63) is 83.5 Å². The zero-order chi connectivity index (χ0) is 24.7. The summed E-state index contributed by atoms with van der Waals surface area (Å²) in [6.45, 7) is 7.02. The molecule has 0 aliphatic carbocycles. The predicted octanol–water partition coefficient (Wildman–Crippen LogP) is 6.44. The van der Waals surface area contributed by atoms with Crippen LogP contribution in [0.25, 0.3) is 22.0 Å². The normalized spacial score (nSPS) is 12.1. The van der Waals surface area contributed by atoms with Crippen LogP contribution in [0.15, 0.2) is 82.6 Å². The van der Waals surface area contributed by atoms with Crippen molar-refractivity contribution in [2.24, 2.45) is 0 Å². The van der Waals surface area contributed by atoms with E-state index in [-0.39, 0.29) is 16.3 Å². The van der Waals surface area contributed by atoms with Crippen LogP contribution >= 0.6 is 11.6 Å². The van der Waals surface area contributed by atoms with Crippen LogP contribution in [0.3, 0.4) is 0 Å². The molecule has 3 aromatic carbocycles. The van der Waals surface area contributed by atoms with Crippen LogP contribution in [-0.4, -0.2) is 24.6 Å². The van der Waals surface area contributed by atoms with E-state index in [9.17, 15) is 13.2 Å². The highest BCUT2D eigenvalue weighted by atomic mass is 35.5. The molecule has 0 saturated carbocycles. The molecule has 0 unspecified atom stereocenters. The lowest BCUT2D eigenvalue weighted by Gasteiger charge is -2.20. The highest BCUT2D eigenvalue weighted by Crippen LogP contribution is 2.40. The summed E-state index contributed by atoms with van der Waals surface area (Å²) in [5, 5.41) is 1.03. The Balaban J connectivity index is 2.01. The zero-order valence-corrected chi connectivity index (χ0v) is 21.1. The highest BCUT2D eigenvalue weighted by Gasteiger charge is 2.30. The SMILES string of the molecule is Cc1c(S(=O)(=O)c2ccc(Cl)cc2)c2c(-c3ccccc3)cccc2n1CC(=O)OC(C)(C)C. The molecular formula is C27H26ClNO4S. The second kappa shape index (κ2) is 8.93. The van der Waals surface area contributed by atoms with E-state index in [2.05, 4.69) is 0 Å². The molecule has 0 N–H and O–H groups in total. The van der Waals surface area contributed by atoms with Crippen molar-refractivity contribution in [3.8, 4) is 11.1 Å². The second-order valence-electron chi connectivity index (χ2n) is 9.11. The maximum absolute atomic E-state index is 13.9. The number of sulfone groups is 1. The summed E-state index contributed by atoms with van der Waals surface area (Å²) in [5.41, 5.74) is 2.13. The molecule has 176 valence electrons. The predicted molar refractivity (Wildman–Crippen MR) is 135 cm³/mol. The molecule has 34 heavy (non-hydrogen) atoms. The Morgan fingerprint density at radius 1 is 0.941 bits per heavy atom. The monoisotopic (exact) mass is 495 g/mol. The highest BCUT2D eigenvalue weighted by molar-refractivity contribution is 7.91. The first-order chi connectivity index (χ1) is 16.0. The maximum Gasteiger partial charge on any atom is 0.326 e. The van der Waals surface area contributed by atoms with Gasteiger partial charge in [0.25, 0.3) is 0 Å². The van der Waals surface area contributed by atoms with Gasteiger partial charge in [-0.2, -0.15) is 0 Å². The first-order valence-corrected chi connectivity index (χ1v) is 12.7. The van der Waals surface area contributed by atoms with Gasteiger partial charge in [0.2, 0.25) is 9.84 Å². The van der Waals surface area contributed by atoms with Gasteiger partial charge in [0, 0.05) is 16.1 Å². The van der Waals surface area contributed by atoms with Gasteiger partial charge in [0.1, 0.15) is 17.0 Å². The van der Waals surface area contributed by atoms with Crippen LogP contribution in [0.2, 0.25) is 5.02 Å². The van der Waals surface area contributed by atoms with Gasteiger partial charge < -0.3 is 9.30 Å². The first kappa shape index (κ1) is 24.0. The molecule has 7 heteroatoms.